The smallest absolute Gasteiger partial charge is 0.303 e. The lowest BCUT2D eigenvalue weighted by atomic mass is 9.46. The van der Waals surface area contributed by atoms with E-state index in [4.69, 9.17) is 66.3 Å². The SMILES string of the molecule is C=C1CO[C@]2(O[C@@H]3C[C@H]4[C@@H]5CC=C6C[C@@H](O)CC(O[C@H]7OC[C@@H](O)[C@H](O[C@H]8OC[C@H](O)[C@H](OC(C)=O)[C@H]8O)[C@H]7O[C@H]7O[C@H](C)[C@@H](OC(C)=O)[C@@H](OC(C)=O)[C@H]7OC(C)=O)[C@]6(C)[C@@H]5CC[C@@]4(C)[C@@H]3[C@@H]2C)[C@H](O)[C@@H]1O[C@H]1O[C@@H](C)[C@@H](O)[C@@H](O)[C@H]1O. The maximum atomic E-state index is 12.9. The van der Waals surface area contributed by atoms with Crippen LogP contribution in [0.25, 0.3) is 0 Å². The van der Waals surface area contributed by atoms with Crippen LogP contribution in [-0.2, 0) is 85.5 Å². The molecule has 10 rings (SSSR count). The van der Waals surface area contributed by atoms with E-state index in [0.717, 1.165) is 39.7 Å². The molecular formula is C57H84O26. The summed E-state index contributed by atoms with van der Waals surface area (Å²) in [6.45, 7) is 17.1. The second-order valence-electron chi connectivity index (χ2n) is 25.2. The van der Waals surface area contributed by atoms with E-state index < -0.39 is 183 Å². The summed E-state index contributed by atoms with van der Waals surface area (Å²) in [6.07, 6.45) is -25.9. The molecule has 26 heteroatoms. The molecule has 0 radical (unpaired) electrons. The summed E-state index contributed by atoms with van der Waals surface area (Å²) in [5, 5.41) is 89.8. The van der Waals surface area contributed by atoms with Crippen molar-refractivity contribution in [3.05, 3.63) is 23.8 Å². The molecule has 0 amide bonds. The third-order valence-corrected chi connectivity index (χ3v) is 20.1. The summed E-state index contributed by atoms with van der Waals surface area (Å²) in [7, 11) is 0. The number of esters is 4. The second kappa shape index (κ2) is 24.0. The number of rotatable bonds is 12. The Morgan fingerprint density at radius 1 is 0.627 bits per heavy atom. The highest BCUT2D eigenvalue weighted by Crippen LogP contribution is 2.71. The third-order valence-electron chi connectivity index (χ3n) is 20.1. The summed E-state index contributed by atoms with van der Waals surface area (Å²) in [4.78, 5) is 50.1. The molecule has 6 aliphatic heterocycles. The van der Waals surface area contributed by atoms with Gasteiger partial charge in [0.15, 0.2) is 49.6 Å². The van der Waals surface area contributed by atoms with Crippen LogP contribution in [0, 0.1) is 40.4 Å². The number of aliphatic hydroxyl groups excluding tert-OH is 8. The molecule has 468 valence electrons. The zero-order chi connectivity index (χ0) is 60.1. The quantitative estimate of drug-likeness (QED) is 0.0691. The summed E-state index contributed by atoms with van der Waals surface area (Å²) < 4.78 is 86.3. The Bertz CT molecular complexity index is 2440. The molecule has 31 atom stereocenters. The lowest BCUT2D eigenvalue weighted by Gasteiger charge is -2.60. The predicted octanol–water partition coefficient (Wildman–Crippen LogP) is -0.540. The minimum absolute atomic E-state index is 0.0244. The number of aliphatic hydroxyl groups is 8. The molecule has 10 aliphatic rings. The zero-order valence-electron chi connectivity index (χ0n) is 48.2. The number of ether oxygens (including phenoxy) is 14. The van der Waals surface area contributed by atoms with Crippen LogP contribution in [0.1, 0.15) is 101 Å². The van der Waals surface area contributed by atoms with Gasteiger partial charge in [-0.25, -0.2) is 0 Å². The van der Waals surface area contributed by atoms with Gasteiger partial charge in [0, 0.05) is 45.4 Å². The molecule has 4 aliphatic carbocycles. The van der Waals surface area contributed by atoms with Crippen molar-refractivity contribution in [1.29, 1.82) is 0 Å². The first-order chi connectivity index (χ1) is 39.1. The zero-order valence-corrected chi connectivity index (χ0v) is 48.2. The topological polar surface area (TPSA) is 359 Å². The van der Waals surface area contributed by atoms with Crippen molar-refractivity contribution in [2.75, 3.05) is 19.8 Å². The van der Waals surface area contributed by atoms with Crippen molar-refractivity contribution in [1.82, 2.24) is 0 Å². The molecule has 6 saturated heterocycles. The standard InChI is InChI=1S/C57H84O26/c1-21-18-72-57(50(69)43(21)80-52-41(67)40(66)39(65)23(3)73-52)22(2)38-36(83-57)17-33-31-12-11-29-15-30(62)16-37(56(29,10)32(31)13-14-55(33,38)9)79-53-48(46(35(64)20-71-53)81-51-42(68)45(76-26(6)59)34(63)19-70-51)82-54-49(78-28(8)61)47(77-27(7)60)44(24(4)74-54)75-25(5)58/h11,22-24,30-54,62-69H,1,12-20H2,2-10H3/t22-,23-,24+,30+,31+,32+,33-,34-,35+,36+,37?,38+,39+,40+,41+,42+,43+,44+,45-,46-,47+,48+,49+,50+,51+,52+,53+,54+,55+,56-,57+/m0/s1. The number of fused-ring (bicyclic) bond motifs is 7. The Balaban J connectivity index is 0.934. The van der Waals surface area contributed by atoms with Crippen LogP contribution in [0.3, 0.4) is 0 Å². The fraction of sp³-hybridized carbons (Fsp3) is 0.860. The number of carbonyl (C=O) groups excluding carboxylic acids is 4. The second-order valence-corrected chi connectivity index (χ2v) is 25.2. The van der Waals surface area contributed by atoms with E-state index in [2.05, 4.69) is 26.5 Å². The Hall–Kier alpha value is -3.36. The van der Waals surface area contributed by atoms with Gasteiger partial charge in [-0.1, -0.05) is 39.0 Å². The molecule has 3 saturated carbocycles. The lowest BCUT2D eigenvalue weighted by molar-refractivity contribution is -0.382. The fourth-order valence-electron chi connectivity index (χ4n) is 16.2. The van der Waals surface area contributed by atoms with Crippen LogP contribution < -0.4 is 0 Å². The number of hydrogen-bond acceptors (Lipinski definition) is 26. The summed E-state index contributed by atoms with van der Waals surface area (Å²) in [5.74, 6) is -5.13. The minimum Gasteiger partial charge on any atom is -0.457 e. The average molecular weight is 1190 g/mol. The Kier molecular flexibility index (Phi) is 18.1. The molecular weight excluding hydrogens is 1100 g/mol. The van der Waals surface area contributed by atoms with E-state index in [1.165, 1.54) is 6.92 Å². The van der Waals surface area contributed by atoms with Gasteiger partial charge in [0.25, 0.3) is 0 Å². The number of allylic oxidation sites excluding steroid dienone is 1. The summed E-state index contributed by atoms with van der Waals surface area (Å²) in [6, 6.07) is 0. The number of carbonyl (C=O) groups is 4. The van der Waals surface area contributed by atoms with Crippen LogP contribution in [-0.4, -0.2) is 231 Å². The van der Waals surface area contributed by atoms with Gasteiger partial charge in [-0.2, -0.15) is 0 Å². The maximum absolute atomic E-state index is 12.9. The first kappa shape index (κ1) is 62.7. The van der Waals surface area contributed by atoms with E-state index in [9.17, 15) is 60.0 Å². The van der Waals surface area contributed by atoms with Crippen molar-refractivity contribution >= 4 is 23.9 Å². The molecule has 1 spiro atoms. The average Bonchev–Trinajstić information content (AvgIpc) is 1.97. The van der Waals surface area contributed by atoms with Crippen LogP contribution in [0.5, 0.6) is 0 Å². The molecule has 1 unspecified atom stereocenters. The Morgan fingerprint density at radius 2 is 1.23 bits per heavy atom. The highest BCUT2D eigenvalue weighted by molar-refractivity contribution is 5.68. The van der Waals surface area contributed by atoms with E-state index >= 15 is 0 Å². The van der Waals surface area contributed by atoms with Gasteiger partial charge in [-0.15, -0.1) is 0 Å². The molecule has 8 N–H and O–H groups in total. The van der Waals surface area contributed by atoms with Gasteiger partial charge < -0.3 is 107 Å². The Labute approximate surface area is 480 Å². The molecule has 26 nitrogen and oxygen atoms in total. The van der Waals surface area contributed by atoms with Gasteiger partial charge >= 0.3 is 23.9 Å². The van der Waals surface area contributed by atoms with Gasteiger partial charge in [0.05, 0.1) is 50.3 Å². The molecule has 9 fully saturated rings. The summed E-state index contributed by atoms with van der Waals surface area (Å²) in [5.41, 5.74) is 0.269. The van der Waals surface area contributed by atoms with E-state index in [0.29, 0.717) is 31.3 Å². The van der Waals surface area contributed by atoms with Crippen molar-refractivity contribution in [2.24, 2.45) is 40.4 Å². The van der Waals surface area contributed by atoms with E-state index in [1.807, 2.05) is 6.92 Å². The molecule has 0 aromatic rings. The molecule has 83 heavy (non-hydrogen) atoms. The van der Waals surface area contributed by atoms with Gasteiger partial charge in [-0.3, -0.25) is 19.2 Å². The normalized spacial score (nSPS) is 51.3. The predicted molar refractivity (Wildman–Crippen MR) is 276 cm³/mol. The molecule has 0 bridgehead atoms. The van der Waals surface area contributed by atoms with Crippen LogP contribution >= 0.6 is 0 Å². The monoisotopic (exact) mass is 1180 g/mol. The molecule has 0 aromatic carbocycles. The van der Waals surface area contributed by atoms with Crippen LogP contribution in [0.15, 0.2) is 23.8 Å². The van der Waals surface area contributed by atoms with Crippen molar-refractivity contribution in [3.63, 3.8) is 0 Å². The van der Waals surface area contributed by atoms with Gasteiger partial charge in [0.2, 0.25) is 5.79 Å². The fourth-order valence-corrected chi connectivity index (χ4v) is 16.2. The molecule has 0 aromatic heterocycles. The van der Waals surface area contributed by atoms with E-state index in [-0.39, 0.29) is 54.1 Å². The van der Waals surface area contributed by atoms with Crippen LogP contribution in [0.4, 0.5) is 0 Å². The Morgan fingerprint density at radius 3 is 1.90 bits per heavy atom. The van der Waals surface area contributed by atoms with Gasteiger partial charge in [-0.05, 0) is 80.6 Å². The largest absolute Gasteiger partial charge is 0.457 e. The first-order valence-corrected chi connectivity index (χ1v) is 29.1. The van der Waals surface area contributed by atoms with Crippen molar-refractivity contribution in [2.45, 2.75) is 248 Å². The van der Waals surface area contributed by atoms with E-state index in [1.54, 1.807) is 6.92 Å². The van der Waals surface area contributed by atoms with Crippen molar-refractivity contribution < 1.29 is 126 Å². The maximum Gasteiger partial charge on any atom is 0.303 e. The van der Waals surface area contributed by atoms with Crippen LogP contribution in [0.2, 0.25) is 0 Å². The number of hydrogen-bond donors (Lipinski definition) is 8. The minimum atomic E-state index is -1.81. The highest BCUT2D eigenvalue weighted by atomic mass is 16.8. The highest BCUT2D eigenvalue weighted by Gasteiger charge is 2.72. The lowest BCUT2D eigenvalue weighted by Crippen LogP contribution is -2.66. The molecule has 6 heterocycles. The summed E-state index contributed by atoms with van der Waals surface area (Å²) >= 11 is 0. The van der Waals surface area contributed by atoms with Crippen molar-refractivity contribution in [3.8, 4) is 0 Å². The third kappa shape index (κ3) is 11.2. The first-order valence-electron chi connectivity index (χ1n) is 29.1. The van der Waals surface area contributed by atoms with Gasteiger partial charge in [0.1, 0.15) is 61.0 Å².